The van der Waals surface area contributed by atoms with E-state index in [2.05, 4.69) is 20.3 Å². The summed E-state index contributed by atoms with van der Waals surface area (Å²) < 4.78 is 27.3. The summed E-state index contributed by atoms with van der Waals surface area (Å²) in [5.41, 5.74) is 1.02. The number of sulfone groups is 1. The Morgan fingerprint density at radius 3 is 2.68 bits per heavy atom. The number of fused-ring (bicyclic) bond motifs is 1. The lowest BCUT2D eigenvalue weighted by molar-refractivity contribution is -0.140. The van der Waals surface area contributed by atoms with Crippen LogP contribution < -0.4 is 5.32 Å². The van der Waals surface area contributed by atoms with Gasteiger partial charge in [-0.25, -0.2) is 13.4 Å². The van der Waals surface area contributed by atoms with Crippen molar-refractivity contribution in [1.82, 2.24) is 19.8 Å². The van der Waals surface area contributed by atoms with Crippen LogP contribution in [0.25, 0.3) is 10.9 Å². The number of carbonyl (C=O) groups excluding carboxylic acids is 2. The number of likely N-dealkylation sites (tertiary alicyclic amines) is 2. The smallest absolute Gasteiger partial charge is 0.247 e. The zero-order valence-electron chi connectivity index (χ0n) is 22.3. The minimum atomic E-state index is -4.33. The predicted molar refractivity (Wildman–Crippen MR) is 155 cm³/mol. The van der Waals surface area contributed by atoms with E-state index < -0.39 is 21.1 Å². The number of aromatic nitrogens is 2. The molecule has 5 rings (SSSR count). The molecule has 4 heterocycles. The number of H-pyrrole nitrogens is 1. The molecule has 1 unspecified atom stereocenters. The lowest BCUT2D eigenvalue weighted by Gasteiger charge is -2.26. The number of nitriles is 1. The Bertz CT molecular complexity index is 1610. The molecule has 2 N–H and O–H groups in total. The maximum Gasteiger partial charge on any atom is 0.247 e. The van der Waals surface area contributed by atoms with E-state index in [-0.39, 0.29) is 29.2 Å². The zero-order valence-corrected chi connectivity index (χ0v) is 23.9. The molecule has 3 aromatic rings. The normalized spacial score (nSPS) is 19.2. The van der Waals surface area contributed by atoms with E-state index in [9.17, 15) is 23.3 Å². The fourth-order valence-electron chi connectivity index (χ4n) is 5.20. The predicted octanol–water partition coefficient (Wildman–Crippen LogP) is 3.40. The Hall–Kier alpha value is -3.95. The van der Waals surface area contributed by atoms with Crippen LogP contribution in [0.1, 0.15) is 32.1 Å². The standard InChI is InChI=1S/C28H30ClN7O4S/c29-20-17-32-26-19(20)8-7-10-21(26)33-27(23(16-30)41(39,40)24-11-1-3-12-31-24)34-22-9-2-4-15-36(28(22)38)18-25(37)35-13-5-6-14-35/h1,3,7-8,10-12,17,22-23,32H,2,4-6,9,13-15,18H2,(H,33,34)/t22-,23?/m0/s1. The van der Waals surface area contributed by atoms with Gasteiger partial charge in [0.25, 0.3) is 0 Å². The first-order chi connectivity index (χ1) is 19.8. The first kappa shape index (κ1) is 28.6. The average molecular weight is 596 g/mol. The van der Waals surface area contributed by atoms with Gasteiger partial charge >= 0.3 is 0 Å². The number of hydrogen-bond donors (Lipinski definition) is 2. The Morgan fingerprint density at radius 2 is 1.95 bits per heavy atom. The number of benzene rings is 1. The quantitative estimate of drug-likeness (QED) is 0.314. The molecule has 2 atom stereocenters. The van der Waals surface area contributed by atoms with E-state index >= 15 is 0 Å². The number of para-hydroxylation sites is 1. The van der Waals surface area contributed by atoms with Crippen LogP contribution in [0.4, 0.5) is 5.69 Å². The van der Waals surface area contributed by atoms with Crippen molar-refractivity contribution in [1.29, 1.82) is 5.26 Å². The third-order valence-electron chi connectivity index (χ3n) is 7.37. The van der Waals surface area contributed by atoms with Crippen molar-refractivity contribution < 1.29 is 18.0 Å². The molecule has 0 spiro atoms. The minimum absolute atomic E-state index is 0.0538. The first-order valence-electron chi connectivity index (χ1n) is 13.5. The number of halogens is 1. The maximum absolute atomic E-state index is 13.7. The number of aliphatic imine (C=N–C) groups is 1. The van der Waals surface area contributed by atoms with Crippen LogP contribution in [0.3, 0.4) is 0 Å². The van der Waals surface area contributed by atoms with Crippen LogP contribution in [0.2, 0.25) is 5.02 Å². The molecule has 0 bridgehead atoms. The van der Waals surface area contributed by atoms with Crippen molar-refractivity contribution in [3.05, 3.63) is 53.8 Å². The van der Waals surface area contributed by atoms with Gasteiger partial charge in [-0.2, -0.15) is 5.26 Å². The summed E-state index contributed by atoms with van der Waals surface area (Å²) in [7, 11) is -4.33. The van der Waals surface area contributed by atoms with Crippen molar-refractivity contribution in [3.8, 4) is 6.07 Å². The van der Waals surface area contributed by atoms with Gasteiger partial charge in [-0.1, -0.05) is 29.8 Å². The summed E-state index contributed by atoms with van der Waals surface area (Å²) >= 11 is 6.29. The Balaban J connectivity index is 1.53. The van der Waals surface area contributed by atoms with Crippen molar-refractivity contribution in [2.45, 2.75) is 48.4 Å². The van der Waals surface area contributed by atoms with Gasteiger partial charge in [0.05, 0.1) is 28.8 Å². The number of nitrogens with zero attached hydrogens (tertiary/aromatic N) is 5. The zero-order chi connectivity index (χ0) is 29.0. The number of hydrogen-bond acceptors (Lipinski definition) is 7. The molecule has 2 saturated heterocycles. The summed E-state index contributed by atoms with van der Waals surface area (Å²) in [4.78, 5) is 41.4. The van der Waals surface area contributed by atoms with E-state index in [1.165, 1.54) is 23.2 Å². The van der Waals surface area contributed by atoms with Crippen molar-refractivity contribution in [3.63, 3.8) is 0 Å². The summed E-state index contributed by atoms with van der Waals surface area (Å²) in [6.45, 7) is 1.71. The number of amidine groups is 1. The van der Waals surface area contributed by atoms with Crippen LogP contribution in [0.15, 0.2) is 58.8 Å². The Morgan fingerprint density at radius 1 is 1.17 bits per heavy atom. The molecule has 11 nitrogen and oxygen atoms in total. The van der Waals surface area contributed by atoms with Gasteiger partial charge in [-0.3, -0.25) is 14.6 Å². The Kier molecular flexibility index (Phi) is 8.56. The van der Waals surface area contributed by atoms with Crippen molar-refractivity contribution in [2.24, 2.45) is 4.99 Å². The van der Waals surface area contributed by atoms with Crippen LogP contribution in [0.5, 0.6) is 0 Å². The average Bonchev–Trinajstić information content (AvgIpc) is 3.62. The van der Waals surface area contributed by atoms with E-state index in [0.29, 0.717) is 60.5 Å². The molecular formula is C28H30ClN7O4S. The first-order valence-corrected chi connectivity index (χ1v) is 15.4. The maximum atomic E-state index is 13.7. The highest BCUT2D eigenvalue weighted by Crippen LogP contribution is 2.29. The molecule has 2 aliphatic rings. The van der Waals surface area contributed by atoms with Crippen LogP contribution >= 0.6 is 11.6 Å². The van der Waals surface area contributed by atoms with E-state index in [1.54, 1.807) is 35.4 Å². The third-order valence-corrected chi connectivity index (χ3v) is 9.45. The van der Waals surface area contributed by atoms with Gasteiger partial charge in [-0.15, -0.1) is 0 Å². The van der Waals surface area contributed by atoms with Crippen LogP contribution in [0, 0.1) is 11.3 Å². The van der Waals surface area contributed by atoms with Gasteiger partial charge in [-0.05, 0) is 50.3 Å². The van der Waals surface area contributed by atoms with Gasteiger partial charge in [0.1, 0.15) is 11.9 Å². The summed E-state index contributed by atoms with van der Waals surface area (Å²) in [6.07, 6.45) is 6.50. The number of nitrogens with one attached hydrogen (secondary N) is 2. The molecule has 41 heavy (non-hydrogen) atoms. The molecule has 214 valence electrons. The molecule has 13 heteroatoms. The SMILES string of the molecule is N#CC(C(=N[C@H]1CCCCN(CC(=O)N2CCCC2)C1=O)Nc1cccc2c(Cl)c[nH]c12)S(=O)(=O)c1ccccn1. The van der Waals surface area contributed by atoms with Gasteiger partial charge in [0.2, 0.25) is 26.9 Å². The van der Waals surface area contributed by atoms with Crippen molar-refractivity contribution in [2.75, 3.05) is 31.5 Å². The topological polar surface area (TPSA) is 152 Å². The lowest BCUT2D eigenvalue weighted by atomic mass is 10.1. The number of rotatable bonds is 7. The molecule has 2 aliphatic heterocycles. The monoisotopic (exact) mass is 595 g/mol. The van der Waals surface area contributed by atoms with Crippen LogP contribution in [-0.4, -0.2) is 83.3 Å². The number of anilines is 1. The second-order valence-corrected chi connectivity index (χ2v) is 12.5. The molecular weight excluding hydrogens is 566 g/mol. The molecule has 0 radical (unpaired) electrons. The fourth-order valence-corrected chi connectivity index (χ4v) is 6.68. The van der Waals surface area contributed by atoms with Crippen LogP contribution in [-0.2, 0) is 19.4 Å². The van der Waals surface area contributed by atoms with Crippen molar-refractivity contribution >= 4 is 55.7 Å². The third kappa shape index (κ3) is 6.06. The minimum Gasteiger partial charge on any atom is -0.358 e. The molecule has 1 aromatic carbocycles. The Labute approximate surface area is 243 Å². The van der Waals surface area contributed by atoms with Gasteiger partial charge in [0.15, 0.2) is 5.03 Å². The number of carbonyl (C=O) groups is 2. The fraction of sp³-hybridized carbons (Fsp3) is 0.393. The van der Waals surface area contributed by atoms with Gasteiger partial charge < -0.3 is 20.1 Å². The second-order valence-electron chi connectivity index (χ2n) is 10.1. The molecule has 0 saturated carbocycles. The van der Waals surface area contributed by atoms with E-state index in [4.69, 9.17) is 11.6 Å². The highest BCUT2D eigenvalue weighted by Gasteiger charge is 2.37. The molecule has 0 aliphatic carbocycles. The molecule has 2 aromatic heterocycles. The summed E-state index contributed by atoms with van der Waals surface area (Å²) in [6, 6.07) is 10.5. The van der Waals surface area contributed by atoms with E-state index in [1.807, 2.05) is 6.07 Å². The second kappa shape index (κ2) is 12.3. The molecule has 2 amide bonds. The molecule has 2 fully saturated rings. The summed E-state index contributed by atoms with van der Waals surface area (Å²) in [5.74, 6) is -0.688. The number of amides is 2. The van der Waals surface area contributed by atoms with E-state index in [0.717, 1.165) is 12.8 Å². The highest BCUT2D eigenvalue weighted by molar-refractivity contribution is 7.93. The largest absolute Gasteiger partial charge is 0.358 e. The number of aromatic amines is 1. The highest BCUT2D eigenvalue weighted by atomic mass is 35.5. The lowest BCUT2D eigenvalue weighted by Crippen LogP contribution is -2.45. The summed E-state index contributed by atoms with van der Waals surface area (Å²) in [5, 5.41) is 12.3. The van der Waals surface area contributed by atoms with Gasteiger partial charge in [0, 0.05) is 37.4 Å². The number of pyridine rings is 1.